The van der Waals surface area contributed by atoms with E-state index in [1.807, 2.05) is 31.2 Å². The lowest BCUT2D eigenvalue weighted by atomic mass is 10.1. The average molecular weight is 291 g/mol. The van der Waals surface area contributed by atoms with Gasteiger partial charge in [0.25, 0.3) is 5.91 Å². The van der Waals surface area contributed by atoms with Gasteiger partial charge in [0.15, 0.2) is 5.13 Å². The van der Waals surface area contributed by atoms with E-state index < -0.39 is 0 Å². The van der Waals surface area contributed by atoms with Crippen molar-refractivity contribution in [3.05, 3.63) is 40.4 Å². The molecule has 0 bridgehead atoms. The lowest BCUT2D eigenvalue weighted by molar-refractivity contribution is 0.0943. The minimum Gasteiger partial charge on any atom is -0.497 e. The van der Waals surface area contributed by atoms with Crippen LogP contribution >= 0.6 is 11.3 Å². The van der Waals surface area contributed by atoms with Crippen molar-refractivity contribution in [2.45, 2.75) is 19.9 Å². The molecule has 0 fully saturated rings. The molecule has 1 heterocycles. The Kier molecular flexibility index (Phi) is 4.24. The van der Waals surface area contributed by atoms with Gasteiger partial charge >= 0.3 is 0 Å². The highest BCUT2D eigenvalue weighted by Crippen LogP contribution is 2.22. The molecule has 1 atom stereocenters. The highest BCUT2D eigenvalue weighted by atomic mass is 32.1. The molecule has 2 aromatic rings. The zero-order valence-electron chi connectivity index (χ0n) is 11.6. The first kappa shape index (κ1) is 14.3. The molecule has 0 spiro atoms. The van der Waals surface area contributed by atoms with Crippen molar-refractivity contribution in [1.29, 1.82) is 0 Å². The minimum absolute atomic E-state index is 0.101. The van der Waals surface area contributed by atoms with E-state index in [-0.39, 0.29) is 11.9 Å². The summed E-state index contributed by atoms with van der Waals surface area (Å²) in [5.74, 6) is 0.637. The van der Waals surface area contributed by atoms with Crippen LogP contribution in [0.2, 0.25) is 0 Å². The van der Waals surface area contributed by atoms with Crippen LogP contribution in [0.3, 0.4) is 0 Å². The Labute approximate surface area is 121 Å². The quantitative estimate of drug-likeness (QED) is 0.907. The molecule has 0 aliphatic rings. The molecule has 5 nitrogen and oxygen atoms in total. The Hall–Kier alpha value is -2.08. The van der Waals surface area contributed by atoms with Gasteiger partial charge in [0.2, 0.25) is 0 Å². The van der Waals surface area contributed by atoms with Gasteiger partial charge in [-0.3, -0.25) is 4.79 Å². The Bertz CT molecular complexity index is 607. The van der Waals surface area contributed by atoms with Gasteiger partial charge in [0.1, 0.15) is 10.6 Å². The van der Waals surface area contributed by atoms with Crippen molar-refractivity contribution < 1.29 is 9.53 Å². The lowest BCUT2D eigenvalue weighted by Crippen LogP contribution is -2.26. The maximum Gasteiger partial charge on any atom is 0.263 e. The van der Waals surface area contributed by atoms with E-state index >= 15 is 0 Å². The minimum atomic E-state index is -0.153. The number of aromatic nitrogens is 1. The van der Waals surface area contributed by atoms with Crippen LogP contribution in [-0.4, -0.2) is 18.0 Å². The van der Waals surface area contributed by atoms with Crippen LogP contribution in [0, 0.1) is 6.92 Å². The maximum absolute atomic E-state index is 12.2. The molecule has 106 valence electrons. The van der Waals surface area contributed by atoms with E-state index in [2.05, 4.69) is 10.3 Å². The van der Waals surface area contributed by atoms with E-state index in [1.54, 1.807) is 14.0 Å². The van der Waals surface area contributed by atoms with Gasteiger partial charge < -0.3 is 15.8 Å². The molecular weight excluding hydrogens is 274 g/mol. The third kappa shape index (κ3) is 3.08. The second-order valence-electron chi connectivity index (χ2n) is 4.43. The van der Waals surface area contributed by atoms with E-state index in [4.69, 9.17) is 10.5 Å². The lowest BCUT2D eigenvalue weighted by Gasteiger charge is -2.14. The fourth-order valence-electron chi connectivity index (χ4n) is 1.87. The summed E-state index contributed by atoms with van der Waals surface area (Å²) in [5, 5.41) is 3.35. The summed E-state index contributed by atoms with van der Waals surface area (Å²) in [6.07, 6.45) is 0. The monoisotopic (exact) mass is 291 g/mol. The number of nitrogen functional groups attached to an aromatic ring is 1. The smallest absolute Gasteiger partial charge is 0.263 e. The number of aryl methyl sites for hydroxylation is 1. The van der Waals surface area contributed by atoms with Crippen LogP contribution in [0.4, 0.5) is 5.13 Å². The molecule has 1 aromatic heterocycles. The van der Waals surface area contributed by atoms with Gasteiger partial charge in [-0.2, -0.15) is 0 Å². The van der Waals surface area contributed by atoms with Crippen LogP contribution in [-0.2, 0) is 0 Å². The molecule has 20 heavy (non-hydrogen) atoms. The Balaban J connectivity index is 2.08. The number of nitrogens with zero attached hydrogens (tertiary/aromatic N) is 1. The molecule has 0 aliphatic carbocycles. The number of anilines is 1. The van der Waals surface area contributed by atoms with E-state index in [1.165, 1.54) is 11.3 Å². The van der Waals surface area contributed by atoms with E-state index in [0.717, 1.165) is 11.3 Å². The molecule has 0 unspecified atom stereocenters. The Morgan fingerprint density at radius 1 is 1.40 bits per heavy atom. The number of methoxy groups -OCH3 is 1. The number of carbonyl (C=O) groups excluding carboxylic acids is 1. The fraction of sp³-hybridized carbons (Fsp3) is 0.286. The first-order chi connectivity index (χ1) is 9.51. The molecule has 0 saturated carbocycles. The van der Waals surface area contributed by atoms with Crippen LogP contribution < -0.4 is 15.8 Å². The first-order valence-electron chi connectivity index (χ1n) is 6.19. The SMILES string of the molecule is COc1ccc([C@H](C)NC(=O)c2sc(N)nc2C)cc1. The number of amides is 1. The number of rotatable bonds is 4. The number of nitrogens with one attached hydrogen (secondary N) is 1. The van der Waals surface area contributed by atoms with Crippen LogP contribution in [0.5, 0.6) is 5.75 Å². The largest absolute Gasteiger partial charge is 0.497 e. The standard InChI is InChI=1S/C14H17N3O2S/c1-8(10-4-6-11(19-3)7-5-10)16-13(18)12-9(2)17-14(15)20-12/h4-8H,1-3H3,(H2,15,17)(H,16,18)/t8-/m0/s1. The summed E-state index contributed by atoms with van der Waals surface area (Å²) < 4.78 is 5.11. The van der Waals surface area contributed by atoms with Crippen LogP contribution in [0.15, 0.2) is 24.3 Å². The predicted octanol–water partition coefficient (Wildman–Crippen LogP) is 2.53. The molecule has 6 heteroatoms. The number of benzene rings is 1. The highest BCUT2D eigenvalue weighted by Gasteiger charge is 2.16. The summed E-state index contributed by atoms with van der Waals surface area (Å²) in [5.41, 5.74) is 7.27. The second-order valence-corrected chi connectivity index (χ2v) is 5.47. The van der Waals surface area contributed by atoms with Gasteiger partial charge in [-0.25, -0.2) is 4.98 Å². The van der Waals surface area contributed by atoms with Gasteiger partial charge in [0.05, 0.1) is 18.8 Å². The Morgan fingerprint density at radius 3 is 2.55 bits per heavy atom. The number of hydrogen-bond donors (Lipinski definition) is 2. The summed E-state index contributed by atoms with van der Waals surface area (Å²) in [7, 11) is 1.62. The summed E-state index contributed by atoms with van der Waals surface area (Å²) in [6, 6.07) is 7.49. The summed E-state index contributed by atoms with van der Waals surface area (Å²) in [4.78, 5) is 16.8. The van der Waals surface area contributed by atoms with Crippen LogP contribution in [0.25, 0.3) is 0 Å². The van der Waals surface area contributed by atoms with Crippen molar-refractivity contribution in [2.75, 3.05) is 12.8 Å². The normalized spacial score (nSPS) is 11.9. The summed E-state index contributed by atoms with van der Waals surface area (Å²) in [6.45, 7) is 3.71. The van der Waals surface area contributed by atoms with Gasteiger partial charge in [0, 0.05) is 0 Å². The molecule has 2 rings (SSSR count). The summed E-state index contributed by atoms with van der Waals surface area (Å²) >= 11 is 1.20. The number of ether oxygens (including phenoxy) is 1. The first-order valence-corrected chi connectivity index (χ1v) is 7.00. The van der Waals surface area contributed by atoms with Gasteiger partial charge in [-0.05, 0) is 31.5 Å². The number of carbonyl (C=O) groups is 1. The third-order valence-corrected chi connectivity index (χ3v) is 3.97. The molecule has 3 N–H and O–H groups in total. The fourth-order valence-corrected chi connectivity index (χ4v) is 2.60. The van der Waals surface area contributed by atoms with Crippen molar-refractivity contribution >= 4 is 22.4 Å². The molecule has 0 aliphatic heterocycles. The van der Waals surface area contributed by atoms with Crippen molar-refractivity contribution in [1.82, 2.24) is 10.3 Å². The second kappa shape index (κ2) is 5.92. The molecule has 1 aromatic carbocycles. The van der Waals surface area contributed by atoms with Gasteiger partial charge in [-0.1, -0.05) is 23.5 Å². The average Bonchev–Trinajstić information content (AvgIpc) is 2.78. The molecule has 0 radical (unpaired) electrons. The van der Waals surface area contributed by atoms with Crippen molar-refractivity contribution in [3.8, 4) is 5.75 Å². The maximum atomic E-state index is 12.2. The Morgan fingerprint density at radius 2 is 2.05 bits per heavy atom. The van der Waals surface area contributed by atoms with Crippen molar-refractivity contribution in [3.63, 3.8) is 0 Å². The number of hydrogen-bond acceptors (Lipinski definition) is 5. The topological polar surface area (TPSA) is 77.2 Å². The van der Waals surface area contributed by atoms with E-state index in [9.17, 15) is 4.79 Å². The predicted molar refractivity (Wildman–Crippen MR) is 80.1 cm³/mol. The third-order valence-electron chi connectivity index (χ3n) is 2.98. The van der Waals surface area contributed by atoms with Crippen LogP contribution in [0.1, 0.15) is 33.9 Å². The van der Waals surface area contributed by atoms with Crippen molar-refractivity contribution in [2.24, 2.45) is 0 Å². The number of thiazole rings is 1. The zero-order valence-corrected chi connectivity index (χ0v) is 12.5. The molecular formula is C14H17N3O2S. The highest BCUT2D eigenvalue weighted by molar-refractivity contribution is 7.17. The number of nitrogens with two attached hydrogens (primary N) is 1. The zero-order chi connectivity index (χ0) is 14.7. The van der Waals surface area contributed by atoms with E-state index in [0.29, 0.717) is 15.7 Å². The molecule has 0 saturated heterocycles. The van der Waals surface area contributed by atoms with Gasteiger partial charge in [-0.15, -0.1) is 0 Å². The molecule has 1 amide bonds.